The summed E-state index contributed by atoms with van der Waals surface area (Å²) in [6, 6.07) is 10.8. The van der Waals surface area contributed by atoms with Crippen LogP contribution in [0.5, 0.6) is 0 Å². The van der Waals surface area contributed by atoms with Crippen LogP contribution in [0.3, 0.4) is 0 Å². The first-order chi connectivity index (χ1) is 12.1. The number of nitrogens with zero attached hydrogens (tertiary/aromatic N) is 3. The molecule has 1 heterocycles. The van der Waals surface area contributed by atoms with Gasteiger partial charge in [-0.25, -0.2) is 0 Å². The third kappa shape index (κ3) is 4.42. The standard InChI is InChI=1S/C19H26N4OS/c1-4-8-17(15-9-6-5-7-10-15)20-18(24)13(2)25-19-22-21-14(3)23(19)16-11-12-16/h5-7,9-10,13,16-17H,4,8,11-12H2,1-3H3,(H,20,24)/t13-,17+/m0/s1. The number of aryl methyl sites for hydroxylation is 1. The molecule has 1 aliphatic carbocycles. The summed E-state index contributed by atoms with van der Waals surface area (Å²) in [6.07, 6.45) is 4.32. The van der Waals surface area contributed by atoms with Crippen LogP contribution in [-0.4, -0.2) is 25.9 Å². The first kappa shape index (κ1) is 18.0. The van der Waals surface area contributed by atoms with Gasteiger partial charge in [-0.3, -0.25) is 4.79 Å². The smallest absolute Gasteiger partial charge is 0.233 e. The molecular formula is C19H26N4OS. The zero-order valence-electron chi connectivity index (χ0n) is 15.1. The second-order valence-electron chi connectivity index (χ2n) is 6.65. The minimum Gasteiger partial charge on any atom is -0.348 e. The molecule has 1 aromatic heterocycles. The lowest BCUT2D eigenvalue weighted by Crippen LogP contribution is -2.34. The van der Waals surface area contributed by atoms with Crippen LogP contribution >= 0.6 is 11.8 Å². The molecule has 1 amide bonds. The molecule has 1 fully saturated rings. The lowest BCUT2D eigenvalue weighted by molar-refractivity contribution is -0.121. The molecule has 6 heteroatoms. The minimum atomic E-state index is -0.204. The van der Waals surface area contributed by atoms with Gasteiger partial charge in [0.25, 0.3) is 0 Å². The number of hydrogen-bond donors (Lipinski definition) is 1. The highest BCUT2D eigenvalue weighted by Gasteiger charge is 2.30. The van der Waals surface area contributed by atoms with Crippen LogP contribution in [0.2, 0.25) is 0 Å². The zero-order valence-corrected chi connectivity index (χ0v) is 15.9. The number of carbonyl (C=O) groups is 1. The summed E-state index contributed by atoms with van der Waals surface area (Å²) in [6.45, 7) is 6.06. The Hall–Kier alpha value is -1.82. The Labute approximate surface area is 153 Å². The Balaban J connectivity index is 1.65. The summed E-state index contributed by atoms with van der Waals surface area (Å²) < 4.78 is 2.18. The highest BCUT2D eigenvalue weighted by molar-refractivity contribution is 8.00. The van der Waals surface area contributed by atoms with Gasteiger partial charge in [-0.2, -0.15) is 0 Å². The van der Waals surface area contributed by atoms with E-state index in [1.54, 1.807) is 0 Å². The number of carbonyl (C=O) groups excluding carboxylic acids is 1. The van der Waals surface area contributed by atoms with E-state index >= 15 is 0 Å². The summed E-state index contributed by atoms with van der Waals surface area (Å²) in [5.74, 6) is 0.987. The fourth-order valence-corrected chi connectivity index (χ4v) is 3.95. The topological polar surface area (TPSA) is 59.8 Å². The van der Waals surface area contributed by atoms with Crippen molar-refractivity contribution in [2.45, 2.75) is 68.9 Å². The average molecular weight is 359 g/mol. The number of hydrogen-bond acceptors (Lipinski definition) is 4. The van der Waals surface area contributed by atoms with Gasteiger partial charge in [-0.15, -0.1) is 10.2 Å². The van der Waals surface area contributed by atoms with Crippen molar-refractivity contribution >= 4 is 17.7 Å². The molecule has 1 aromatic carbocycles. The van der Waals surface area contributed by atoms with Crippen molar-refractivity contribution in [3.05, 3.63) is 41.7 Å². The fourth-order valence-electron chi connectivity index (χ4n) is 2.98. The van der Waals surface area contributed by atoms with Gasteiger partial charge >= 0.3 is 0 Å². The lowest BCUT2D eigenvalue weighted by atomic mass is 10.0. The Morgan fingerprint density at radius 2 is 2.04 bits per heavy atom. The largest absolute Gasteiger partial charge is 0.348 e. The second-order valence-corrected chi connectivity index (χ2v) is 7.96. The SMILES string of the molecule is CCC[C@@H](NC(=O)[C@H](C)Sc1nnc(C)n1C1CC1)c1ccccc1. The van der Waals surface area contributed by atoms with E-state index < -0.39 is 0 Å². The molecule has 1 saturated carbocycles. The van der Waals surface area contributed by atoms with Crippen LogP contribution in [0.15, 0.2) is 35.5 Å². The van der Waals surface area contributed by atoms with Crippen molar-refractivity contribution in [2.24, 2.45) is 0 Å². The van der Waals surface area contributed by atoms with E-state index in [2.05, 4.69) is 39.1 Å². The van der Waals surface area contributed by atoms with Crippen LogP contribution in [0, 0.1) is 6.92 Å². The number of rotatable bonds is 8. The normalized spacial score (nSPS) is 16.4. The van der Waals surface area contributed by atoms with Crippen molar-refractivity contribution < 1.29 is 4.79 Å². The third-order valence-electron chi connectivity index (χ3n) is 4.49. The van der Waals surface area contributed by atoms with Gasteiger partial charge in [0.05, 0.1) is 11.3 Å². The van der Waals surface area contributed by atoms with Gasteiger partial charge < -0.3 is 9.88 Å². The van der Waals surface area contributed by atoms with E-state index in [9.17, 15) is 4.79 Å². The van der Waals surface area contributed by atoms with Crippen molar-refractivity contribution in [3.63, 3.8) is 0 Å². The van der Waals surface area contributed by atoms with Crippen LogP contribution < -0.4 is 5.32 Å². The molecule has 5 nitrogen and oxygen atoms in total. The van der Waals surface area contributed by atoms with E-state index in [0.717, 1.165) is 29.4 Å². The van der Waals surface area contributed by atoms with E-state index in [4.69, 9.17) is 0 Å². The lowest BCUT2D eigenvalue weighted by Gasteiger charge is -2.21. The van der Waals surface area contributed by atoms with Gasteiger partial charge in [-0.1, -0.05) is 55.4 Å². The number of amides is 1. The molecule has 1 N–H and O–H groups in total. The first-order valence-corrected chi connectivity index (χ1v) is 9.91. The van der Waals surface area contributed by atoms with Gasteiger partial charge in [-0.05, 0) is 38.7 Å². The molecule has 0 spiro atoms. The molecule has 0 radical (unpaired) electrons. The molecule has 25 heavy (non-hydrogen) atoms. The zero-order chi connectivity index (χ0) is 17.8. The van der Waals surface area contributed by atoms with E-state index in [0.29, 0.717) is 6.04 Å². The Bertz CT molecular complexity index is 711. The molecule has 2 aromatic rings. The van der Waals surface area contributed by atoms with E-state index in [1.807, 2.05) is 32.0 Å². The Kier molecular flexibility index (Phi) is 5.78. The van der Waals surface area contributed by atoms with Crippen molar-refractivity contribution in [2.75, 3.05) is 0 Å². The monoisotopic (exact) mass is 358 g/mol. The van der Waals surface area contributed by atoms with Crippen molar-refractivity contribution in [1.29, 1.82) is 0 Å². The molecular weight excluding hydrogens is 332 g/mol. The summed E-state index contributed by atoms with van der Waals surface area (Å²) in [4.78, 5) is 12.7. The molecule has 2 atom stereocenters. The highest BCUT2D eigenvalue weighted by atomic mass is 32.2. The molecule has 134 valence electrons. The summed E-state index contributed by atoms with van der Waals surface area (Å²) in [7, 11) is 0. The quantitative estimate of drug-likeness (QED) is 0.723. The summed E-state index contributed by atoms with van der Waals surface area (Å²) in [5, 5.41) is 12.3. The van der Waals surface area contributed by atoms with Crippen LogP contribution in [0.25, 0.3) is 0 Å². The maximum Gasteiger partial charge on any atom is 0.233 e. The van der Waals surface area contributed by atoms with Gasteiger partial charge in [0.1, 0.15) is 5.82 Å². The number of aromatic nitrogens is 3. The second kappa shape index (κ2) is 8.04. The maximum atomic E-state index is 12.7. The Morgan fingerprint density at radius 3 is 2.68 bits per heavy atom. The predicted molar refractivity (Wildman–Crippen MR) is 101 cm³/mol. The van der Waals surface area contributed by atoms with Crippen LogP contribution in [0.1, 0.15) is 63.0 Å². The summed E-state index contributed by atoms with van der Waals surface area (Å²) in [5.41, 5.74) is 1.16. The molecule has 0 saturated heterocycles. The fraction of sp³-hybridized carbons (Fsp3) is 0.526. The number of nitrogens with one attached hydrogen (secondary N) is 1. The van der Waals surface area contributed by atoms with Gasteiger partial charge in [0.2, 0.25) is 5.91 Å². The minimum absolute atomic E-state index is 0.0512. The van der Waals surface area contributed by atoms with E-state index in [-0.39, 0.29) is 17.2 Å². The average Bonchev–Trinajstić information content (AvgIpc) is 3.39. The highest BCUT2D eigenvalue weighted by Crippen LogP contribution is 2.39. The Morgan fingerprint density at radius 1 is 1.32 bits per heavy atom. The molecule has 1 aliphatic rings. The van der Waals surface area contributed by atoms with Crippen LogP contribution in [-0.2, 0) is 4.79 Å². The first-order valence-electron chi connectivity index (χ1n) is 9.03. The van der Waals surface area contributed by atoms with Crippen molar-refractivity contribution in [3.8, 4) is 0 Å². The van der Waals surface area contributed by atoms with Gasteiger partial charge in [0, 0.05) is 6.04 Å². The molecule has 3 rings (SSSR count). The number of thioether (sulfide) groups is 1. The molecule has 0 unspecified atom stereocenters. The van der Waals surface area contributed by atoms with Crippen LogP contribution in [0.4, 0.5) is 0 Å². The molecule has 0 aliphatic heterocycles. The van der Waals surface area contributed by atoms with E-state index in [1.165, 1.54) is 24.6 Å². The van der Waals surface area contributed by atoms with Gasteiger partial charge in [0.15, 0.2) is 5.16 Å². The predicted octanol–water partition coefficient (Wildman–Crippen LogP) is 4.06. The molecule has 0 bridgehead atoms. The number of benzene rings is 1. The summed E-state index contributed by atoms with van der Waals surface area (Å²) >= 11 is 1.50. The third-order valence-corrected chi connectivity index (χ3v) is 5.55. The van der Waals surface area contributed by atoms with Crippen molar-refractivity contribution in [1.82, 2.24) is 20.1 Å². The maximum absolute atomic E-state index is 12.7.